The Morgan fingerprint density at radius 2 is 1.80 bits per heavy atom. The molecule has 3 aromatic carbocycles. The van der Waals surface area contributed by atoms with Gasteiger partial charge in [-0.25, -0.2) is 10.2 Å². The molecule has 3 aromatic rings. The Kier molecular flexibility index (Phi) is 8.06. The molecule has 3 amide bonds. The summed E-state index contributed by atoms with van der Waals surface area (Å²) in [5.74, 6) is -4.62. The molecule has 3 heterocycles. The van der Waals surface area contributed by atoms with Crippen LogP contribution in [-0.4, -0.2) is 64.7 Å². The van der Waals surface area contributed by atoms with Crippen LogP contribution in [0.5, 0.6) is 5.75 Å². The highest BCUT2D eigenvalue weighted by atomic mass is 19.3. The summed E-state index contributed by atoms with van der Waals surface area (Å²) in [5, 5.41) is 23.3. The van der Waals surface area contributed by atoms with Crippen molar-refractivity contribution < 1.29 is 33.0 Å². The van der Waals surface area contributed by atoms with Crippen LogP contribution >= 0.6 is 0 Å². The number of carbonyl (C=O) groups excluding carboxylic acids is 2. The number of benzene rings is 3. The second-order valence-corrected chi connectivity index (χ2v) is 11.3. The molecule has 3 N–H and O–H groups in total. The monoisotopic (exact) mass is 628 g/mol. The van der Waals surface area contributed by atoms with Crippen molar-refractivity contribution in [3.63, 3.8) is 0 Å². The summed E-state index contributed by atoms with van der Waals surface area (Å²) in [5.41, 5.74) is 4.14. The minimum absolute atomic E-state index is 0.139. The van der Waals surface area contributed by atoms with Crippen LogP contribution in [0.1, 0.15) is 30.0 Å². The van der Waals surface area contributed by atoms with Crippen molar-refractivity contribution in [2.45, 2.75) is 31.4 Å². The van der Waals surface area contributed by atoms with E-state index in [2.05, 4.69) is 10.7 Å². The number of allylic oxidation sites excluding steroid dienone is 1. The van der Waals surface area contributed by atoms with E-state index in [1.54, 1.807) is 48.5 Å². The van der Waals surface area contributed by atoms with Crippen molar-refractivity contribution in [1.29, 1.82) is 5.26 Å². The van der Waals surface area contributed by atoms with E-state index in [0.29, 0.717) is 30.0 Å². The van der Waals surface area contributed by atoms with Gasteiger partial charge in [-0.1, -0.05) is 42.5 Å². The molecule has 0 aliphatic carbocycles. The van der Waals surface area contributed by atoms with Crippen LogP contribution in [0.2, 0.25) is 0 Å². The number of hydrogen-bond acceptors (Lipinski definition) is 7. The van der Waals surface area contributed by atoms with Crippen molar-refractivity contribution in [3.05, 3.63) is 101 Å². The predicted octanol–water partition coefficient (Wildman–Crippen LogP) is 4.48. The van der Waals surface area contributed by atoms with Crippen molar-refractivity contribution in [2.75, 3.05) is 29.9 Å². The van der Waals surface area contributed by atoms with E-state index >= 15 is 8.78 Å². The van der Waals surface area contributed by atoms with E-state index in [0.717, 1.165) is 0 Å². The molecular weight excluding hydrogens is 598 g/mol. The van der Waals surface area contributed by atoms with Crippen molar-refractivity contribution in [2.24, 2.45) is 5.92 Å². The Labute approximate surface area is 263 Å². The lowest BCUT2D eigenvalue weighted by atomic mass is 9.96. The van der Waals surface area contributed by atoms with Crippen LogP contribution in [0.4, 0.5) is 25.0 Å². The van der Waals surface area contributed by atoms with Crippen LogP contribution in [-0.2, 0) is 15.5 Å². The number of carboxylic acid groups (broad SMARTS) is 1. The molecule has 3 aliphatic heterocycles. The van der Waals surface area contributed by atoms with Crippen molar-refractivity contribution in [1.82, 2.24) is 15.3 Å². The fraction of sp³-hybridized carbons (Fsp3) is 0.273. The van der Waals surface area contributed by atoms with Crippen LogP contribution in [0.15, 0.2) is 84.7 Å². The number of hydrazine groups is 1. The van der Waals surface area contributed by atoms with Gasteiger partial charge in [0.1, 0.15) is 24.0 Å². The summed E-state index contributed by atoms with van der Waals surface area (Å²) in [4.78, 5) is 41.2. The molecule has 0 aromatic heterocycles. The van der Waals surface area contributed by atoms with E-state index in [-0.39, 0.29) is 35.5 Å². The smallest absolute Gasteiger partial charge is 0.407 e. The minimum atomic E-state index is -3.22. The number of anilines is 2. The molecule has 1 unspecified atom stereocenters. The van der Waals surface area contributed by atoms with E-state index in [1.807, 2.05) is 6.07 Å². The summed E-state index contributed by atoms with van der Waals surface area (Å²) < 4.78 is 36.1. The standard InChI is InChI=1S/C33H30F2N6O5/c1-20-18-40-29(31(43)41(20)25-10-7-23(8-11-25)33(34,35)22-5-3-2-4-6-22)27(17-37-40)30(42)38-24-9-12-28(21(15-24)16-36)46-26-13-14-39(19-26)32(44)45/h2-12,15,18,26-27,29,37H,13-14,17,19H2,1H3,(H,38,42)(H,44,45)/t26-,27+,29?/m1/s1. The fourth-order valence-electron chi connectivity index (χ4n) is 6.00. The lowest BCUT2D eigenvalue weighted by Crippen LogP contribution is -2.53. The van der Waals surface area contributed by atoms with Gasteiger partial charge >= 0.3 is 6.09 Å². The van der Waals surface area contributed by atoms with Crippen molar-refractivity contribution in [3.8, 4) is 11.8 Å². The molecule has 13 heteroatoms. The Morgan fingerprint density at radius 3 is 2.48 bits per heavy atom. The molecule has 2 saturated heterocycles. The third-order valence-electron chi connectivity index (χ3n) is 8.36. The number of halogens is 2. The van der Waals surface area contributed by atoms with E-state index in [1.165, 1.54) is 52.3 Å². The van der Waals surface area contributed by atoms with E-state index in [4.69, 9.17) is 4.74 Å². The molecule has 2 fully saturated rings. The Morgan fingerprint density at radius 1 is 1.09 bits per heavy atom. The molecule has 236 valence electrons. The Hall–Kier alpha value is -5.48. The number of likely N-dealkylation sites (tertiary alicyclic amines) is 1. The van der Waals surface area contributed by atoms with Gasteiger partial charge < -0.3 is 25.1 Å². The van der Waals surface area contributed by atoms with Crippen molar-refractivity contribution >= 4 is 29.3 Å². The fourth-order valence-corrected chi connectivity index (χ4v) is 6.00. The van der Waals surface area contributed by atoms with Crippen LogP contribution < -0.4 is 20.4 Å². The van der Waals surface area contributed by atoms with Crippen LogP contribution in [0.25, 0.3) is 0 Å². The molecule has 3 atom stereocenters. The van der Waals surface area contributed by atoms with Gasteiger partial charge in [-0.3, -0.25) is 14.5 Å². The first-order valence-corrected chi connectivity index (χ1v) is 14.6. The van der Waals surface area contributed by atoms with Gasteiger partial charge in [-0.05, 0) is 37.3 Å². The second kappa shape index (κ2) is 12.1. The number of nitrogens with zero attached hydrogens (tertiary/aromatic N) is 4. The average molecular weight is 629 g/mol. The van der Waals surface area contributed by atoms with Gasteiger partial charge in [0.2, 0.25) is 5.91 Å². The summed E-state index contributed by atoms with van der Waals surface area (Å²) in [6, 6.07) is 18.7. The SMILES string of the molecule is CC1=CN2NC[C@H](C(=O)Nc3ccc(O[C@@H]4CCN(C(=O)O)C4)c(C#N)c3)C2C(=O)N1c1ccc(C(F)(F)c2ccccc2)cc1. The number of carbonyl (C=O) groups is 3. The van der Waals surface area contributed by atoms with Gasteiger partial charge in [0.25, 0.3) is 11.8 Å². The zero-order valence-corrected chi connectivity index (χ0v) is 24.7. The van der Waals surface area contributed by atoms with Gasteiger partial charge in [-0.2, -0.15) is 14.0 Å². The summed E-state index contributed by atoms with van der Waals surface area (Å²) >= 11 is 0. The summed E-state index contributed by atoms with van der Waals surface area (Å²) in [6.07, 6.45) is 0.759. The Bertz CT molecular complexity index is 1740. The maximum absolute atomic E-state index is 15.1. The maximum Gasteiger partial charge on any atom is 0.407 e. The number of amides is 3. The molecule has 3 aliphatic rings. The van der Waals surface area contributed by atoms with Gasteiger partial charge in [0.15, 0.2) is 0 Å². The third kappa shape index (κ3) is 5.70. The summed E-state index contributed by atoms with van der Waals surface area (Å²) in [6.45, 7) is 2.40. The molecule has 0 saturated carbocycles. The highest BCUT2D eigenvalue weighted by Gasteiger charge is 2.47. The van der Waals surface area contributed by atoms with E-state index in [9.17, 15) is 24.8 Å². The second-order valence-electron chi connectivity index (χ2n) is 11.3. The summed E-state index contributed by atoms with van der Waals surface area (Å²) in [7, 11) is 0. The van der Waals surface area contributed by atoms with Gasteiger partial charge in [0.05, 0.1) is 18.0 Å². The van der Waals surface area contributed by atoms with Gasteiger partial charge in [0, 0.05) is 53.9 Å². The lowest BCUT2D eigenvalue weighted by Gasteiger charge is -2.36. The molecule has 46 heavy (non-hydrogen) atoms. The molecule has 11 nitrogen and oxygen atoms in total. The highest BCUT2D eigenvalue weighted by molar-refractivity contribution is 6.05. The molecule has 0 radical (unpaired) electrons. The topological polar surface area (TPSA) is 138 Å². The average Bonchev–Trinajstić information content (AvgIpc) is 3.70. The Balaban J connectivity index is 1.16. The molecule has 0 bridgehead atoms. The number of nitrogens with one attached hydrogen (secondary N) is 2. The molecular formula is C33H30F2N6O5. The molecule has 0 spiro atoms. The van der Waals surface area contributed by atoms with E-state index < -0.39 is 41.9 Å². The zero-order valence-electron chi connectivity index (χ0n) is 24.7. The van der Waals surface area contributed by atoms with Crippen LogP contribution in [0, 0.1) is 17.2 Å². The number of hydrogen-bond donors (Lipinski definition) is 3. The van der Waals surface area contributed by atoms with Gasteiger partial charge in [-0.15, -0.1) is 0 Å². The van der Waals surface area contributed by atoms with Crippen LogP contribution in [0.3, 0.4) is 0 Å². The number of fused-ring (bicyclic) bond motifs is 1. The minimum Gasteiger partial charge on any atom is -0.487 e. The zero-order chi connectivity index (χ0) is 32.6. The number of nitriles is 1. The maximum atomic E-state index is 15.1. The first-order valence-electron chi connectivity index (χ1n) is 14.6. The highest BCUT2D eigenvalue weighted by Crippen LogP contribution is 2.38. The number of rotatable bonds is 7. The number of alkyl halides is 2. The third-order valence-corrected chi connectivity index (χ3v) is 8.36. The quantitative estimate of drug-likeness (QED) is 0.348. The number of ether oxygens (including phenoxy) is 1. The largest absolute Gasteiger partial charge is 0.487 e. The first-order chi connectivity index (χ1) is 22.1. The normalized spacial score (nSPS) is 21.0. The predicted molar refractivity (Wildman–Crippen MR) is 163 cm³/mol. The first kappa shape index (κ1) is 30.5. The lowest BCUT2D eigenvalue weighted by molar-refractivity contribution is -0.129. The molecule has 6 rings (SSSR count).